The van der Waals surface area contributed by atoms with E-state index in [4.69, 9.17) is 11.6 Å². The zero-order valence-corrected chi connectivity index (χ0v) is 11.9. The van der Waals surface area contributed by atoms with Gasteiger partial charge in [0.25, 0.3) is 0 Å². The maximum absolute atomic E-state index is 13.2. The largest absolute Gasteiger partial charge is 0.233 e. The fourth-order valence-corrected chi connectivity index (χ4v) is 2.45. The Labute approximate surface area is 119 Å². The first-order chi connectivity index (χ1) is 9.31. The van der Waals surface area contributed by atoms with Crippen LogP contribution >= 0.6 is 11.6 Å². The lowest BCUT2D eigenvalue weighted by molar-refractivity contribution is 0.447. The van der Waals surface area contributed by atoms with Crippen molar-refractivity contribution in [2.75, 3.05) is 0 Å². The minimum atomic E-state index is -1.52. The van der Waals surface area contributed by atoms with Crippen LogP contribution in [0.25, 0.3) is 11.4 Å². The van der Waals surface area contributed by atoms with Crippen molar-refractivity contribution >= 4 is 11.6 Å². The van der Waals surface area contributed by atoms with Gasteiger partial charge in [0.05, 0.1) is 0 Å². The van der Waals surface area contributed by atoms with Gasteiger partial charge in [-0.2, -0.15) is 0 Å². The summed E-state index contributed by atoms with van der Waals surface area (Å²) in [4.78, 5) is 8.22. The highest BCUT2D eigenvalue weighted by Gasteiger charge is 2.17. The third-order valence-corrected chi connectivity index (χ3v) is 3.20. The van der Waals surface area contributed by atoms with E-state index in [1.54, 1.807) is 6.92 Å². The smallest absolute Gasteiger partial charge is 0.194 e. The second-order valence-electron chi connectivity index (χ2n) is 4.75. The van der Waals surface area contributed by atoms with Crippen LogP contribution in [0.3, 0.4) is 0 Å². The van der Waals surface area contributed by atoms with Crippen LogP contribution in [0.15, 0.2) is 12.1 Å². The van der Waals surface area contributed by atoms with E-state index in [2.05, 4.69) is 9.97 Å². The molecule has 1 aromatic carbocycles. The molecule has 0 aliphatic rings. The van der Waals surface area contributed by atoms with Crippen LogP contribution in [0.1, 0.15) is 31.0 Å². The van der Waals surface area contributed by atoms with E-state index in [-0.39, 0.29) is 22.5 Å². The number of aryl methyl sites for hydroxylation is 1. The lowest BCUT2D eigenvalue weighted by atomic mass is 10.0. The van der Waals surface area contributed by atoms with E-state index in [1.807, 2.05) is 13.8 Å². The van der Waals surface area contributed by atoms with E-state index in [0.717, 1.165) is 17.7 Å². The van der Waals surface area contributed by atoms with Gasteiger partial charge >= 0.3 is 0 Å². The molecule has 0 amide bonds. The van der Waals surface area contributed by atoms with E-state index in [0.29, 0.717) is 5.69 Å². The molecule has 0 aliphatic heterocycles. The molecule has 0 N–H and O–H groups in total. The Kier molecular flexibility index (Phi) is 3.99. The molecule has 0 radical (unpaired) electrons. The van der Waals surface area contributed by atoms with Crippen molar-refractivity contribution in [2.24, 2.45) is 0 Å². The first kappa shape index (κ1) is 14.8. The van der Waals surface area contributed by atoms with Crippen molar-refractivity contribution in [3.8, 4) is 11.4 Å². The molecule has 20 heavy (non-hydrogen) atoms. The Hall–Kier alpha value is -1.62. The summed E-state index contributed by atoms with van der Waals surface area (Å²) in [5.74, 6) is -3.90. The summed E-state index contributed by atoms with van der Waals surface area (Å²) >= 11 is 6.08. The fourth-order valence-electron chi connectivity index (χ4n) is 2.02. The molecule has 0 bridgehead atoms. The Balaban J connectivity index is 2.60. The highest BCUT2D eigenvalue weighted by molar-refractivity contribution is 6.30. The van der Waals surface area contributed by atoms with Gasteiger partial charge < -0.3 is 0 Å². The van der Waals surface area contributed by atoms with Crippen molar-refractivity contribution < 1.29 is 13.2 Å². The van der Waals surface area contributed by atoms with Gasteiger partial charge in [-0.25, -0.2) is 23.1 Å². The number of rotatable bonds is 2. The van der Waals surface area contributed by atoms with Gasteiger partial charge in [0, 0.05) is 16.8 Å². The van der Waals surface area contributed by atoms with Gasteiger partial charge in [0.15, 0.2) is 23.3 Å². The van der Waals surface area contributed by atoms with Crippen molar-refractivity contribution in [1.82, 2.24) is 9.97 Å². The minimum Gasteiger partial charge on any atom is -0.233 e. The number of aromatic nitrogens is 2. The zero-order valence-electron chi connectivity index (χ0n) is 11.1. The molecule has 0 saturated heterocycles. The normalized spacial score (nSPS) is 11.2. The maximum Gasteiger partial charge on any atom is 0.194 e. The summed E-state index contributed by atoms with van der Waals surface area (Å²) in [6.45, 7) is 5.62. The SMILES string of the molecule is Cc1nc(-c2cc(F)c(F)c(F)c2)nc(Cl)c1C(C)C. The molecule has 2 aromatic rings. The first-order valence-corrected chi connectivity index (χ1v) is 6.38. The van der Waals surface area contributed by atoms with Gasteiger partial charge in [0.2, 0.25) is 0 Å². The Morgan fingerprint density at radius 3 is 2.05 bits per heavy atom. The third kappa shape index (κ3) is 2.63. The van der Waals surface area contributed by atoms with E-state index >= 15 is 0 Å². The molecule has 0 aliphatic carbocycles. The van der Waals surface area contributed by atoms with E-state index < -0.39 is 17.5 Å². The fraction of sp³-hybridized carbons (Fsp3) is 0.286. The van der Waals surface area contributed by atoms with Gasteiger partial charge in [0.1, 0.15) is 5.15 Å². The molecule has 1 aromatic heterocycles. The number of hydrogen-bond donors (Lipinski definition) is 0. The molecule has 0 fully saturated rings. The van der Waals surface area contributed by atoms with Gasteiger partial charge in [-0.1, -0.05) is 25.4 Å². The van der Waals surface area contributed by atoms with Crippen molar-refractivity contribution in [3.63, 3.8) is 0 Å². The predicted molar refractivity (Wildman–Crippen MR) is 71.2 cm³/mol. The minimum absolute atomic E-state index is 0.0432. The lowest BCUT2D eigenvalue weighted by Gasteiger charge is -2.12. The highest BCUT2D eigenvalue weighted by atomic mass is 35.5. The molecule has 2 rings (SSSR count). The predicted octanol–water partition coefficient (Wildman–Crippen LogP) is 4.65. The van der Waals surface area contributed by atoms with E-state index in [1.165, 1.54) is 0 Å². The van der Waals surface area contributed by atoms with Crippen LogP contribution in [-0.4, -0.2) is 9.97 Å². The Morgan fingerprint density at radius 1 is 1.05 bits per heavy atom. The monoisotopic (exact) mass is 300 g/mol. The Morgan fingerprint density at radius 2 is 1.60 bits per heavy atom. The topological polar surface area (TPSA) is 25.8 Å². The highest BCUT2D eigenvalue weighted by Crippen LogP contribution is 2.28. The zero-order chi connectivity index (χ0) is 15.0. The average Bonchev–Trinajstić information content (AvgIpc) is 2.33. The van der Waals surface area contributed by atoms with Gasteiger partial charge in [-0.15, -0.1) is 0 Å². The van der Waals surface area contributed by atoms with Crippen LogP contribution in [0.5, 0.6) is 0 Å². The molecule has 0 saturated carbocycles. The summed E-state index contributed by atoms with van der Waals surface area (Å²) in [6, 6.07) is 1.69. The second kappa shape index (κ2) is 5.40. The summed E-state index contributed by atoms with van der Waals surface area (Å²) in [5.41, 5.74) is 1.44. The number of hydrogen-bond acceptors (Lipinski definition) is 2. The average molecular weight is 301 g/mol. The molecule has 0 atom stereocenters. The third-order valence-electron chi connectivity index (χ3n) is 2.91. The van der Waals surface area contributed by atoms with E-state index in [9.17, 15) is 13.2 Å². The van der Waals surface area contributed by atoms with Crippen LogP contribution < -0.4 is 0 Å². The first-order valence-electron chi connectivity index (χ1n) is 6.00. The summed E-state index contributed by atoms with van der Waals surface area (Å²) in [5, 5.41) is 0.229. The van der Waals surface area contributed by atoms with Crippen molar-refractivity contribution in [1.29, 1.82) is 0 Å². The molecule has 1 heterocycles. The number of nitrogens with zero attached hydrogens (tertiary/aromatic N) is 2. The second-order valence-corrected chi connectivity index (χ2v) is 5.10. The number of benzene rings is 1. The van der Waals surface area contributed by atoms with Gasteiger partial charge in [-0.3, -0.25) is 0 Å². The summed E-state index contributed by atoms with van der Waals surface area (Å²) < 4.78 is 39.4. The molecular weight excluding hydrogens is 289 g/mol. The number of halogens is 4. The molecular formula is C14H12ClF3N2. The molecule has 0 spiro atoms. The standard InChI is InChI=1S/C14H12ClF3N2/c1-6(2)11-7(3)19-14(20-13(11)15)8-4-9(16)12(18)10(17)5-8/h4-6H,1-3H3. The molecule has 2 nitrogen and oxygen atoms in total. The maximum atomic E-state index is 13.2. The lowest BCUT2D eigenvalue weighted by Crippen LogP contribution is -2.03. The van der Waals surface area contributed by atoms with Crippen molar-refractivity contribution in [2.45, 2.75) is 26.7 Å². The van der Waals surface area contributed by atoms with Crippen LogP contribution in [0.4, 0.5) is 13.2 Å². The quantitative estimate of drug-likeness (QED) is 0.596. The van der Waals surface area contributed by atoms with Crippen molar-refractivity contribution in [3.05, 3.63) is 46.0 Å². The molecule has 106 valence electrons. The van der Waals surface area contributed by atoms with Gasteiger partial charge in [-0.05, 0) is 25.0 Å². The van der Waals surface area contributed by atoms with Crippen LogP contribution in [-0.2, 0) is 0 Å². The molecule has 6 heteroatoms. The Bertz CT molecular complexity index is 625. The summed E-state index contributed by atoms with van der Waals surface area (Å²) in [7, 11) is 0. The van der Waals surface area contributed by atoms with Crippen LogP contribution in [0.2, 0.25) is 5.15 Å². The molecule has 0 unspecified atom stereocenters. The summed E-state index contributed by atoms with van der Waals surface area (Å²) in [6.07, 6.45) is 0. The van der Waals surface area contributed by atoms with Crippen LogP contribution in [0, 0.1) is 24.4 Å².